The van der Waals surface area contributed by atoms with E-state index in [1.807, 2.05) is 0 Å². The maximum atomic E-state index is 2.46. The van der Waals surface area contributed by atoms with E-state index in [1.54, 1.807) is 11.1 Å². The zero-order chi connectivity index (χ0) is 16.1. The van der Waals surface area contributed by atoms with Crippen molar-refractivity contribution in [1.29, 1.82) is 0 Å². The Hall–Kier alpha value is -2.08. The summed E-state index contributed by atoms with van der Waals surface area (Å²) in [5.41, 5.74) is 10.6. The SMILES string of the molecule is Cc1ccc2c(c1)C1(CCCC1)c1ccc(C3=CCCC=C3)cc1-2. The lowest BCUT2D eigenvalue weighted by atomic mass is 9.76. The van der Waals surface area contributed by atoms with Crippen LogP contribution in [0.1, 0.15) is 60.8 Å². The van der Waals surface area contributed by atoms with E-state index in [1.165, 1.54) is 66.4 Å². The third-order valence-electron chi connectivity index (χ3n) is 6.30. The summed E-state index contributed by atoms with van der Waals surface area (Å²) in [4.78, 5) is 0. The molecule has 0 heterocycles. The summed E-state index contributed by atoms with van der Waals surface area (Å²) in [6.45, 7) is 2.23. The van der Waals surface area contributed by atoms with Gasteiger partial charge in [0.1, 0.15) is 0 Å². The van der Waals surface area contributed by atoms with Crippen LogP contribution in [0.2, 0.25) is 0 Å². The molecule has 0 bridgehead atoms. The Morgan fingerprint density at radius 3 is 2.50 bits per heavy atom. The summed E-state index contributed by atoms with van der Waals surface area (Å²) in [5.74, 6) is 0. The van der Waals surface area contributed by atoms with Crippen LogP contribution >= 0.6 is 0 Å². The predicted octanol–water partition coefficient (Wildman–Crippen LogP) is 6.57. The summed E-state index contributed by atoms with van der Waals surface area (Å²) in [6.07, 6.45) is 14.7. The molecule has 5 rings (SSSR count). The topological polar surface area (TPSA) is 0 Å². The molecule has 0 saturated heterocycles. The second kappa shape index (κ2) is 5.21. The standard InChI is InChI=1S/C24H24/c1-17-9-11-20-21-16-19(18-7-3-2-4-8-18)10-12-22(21)24(23(20)15-17)13-5-6-14-24/h3,7-12,15-16H,2,4-6,13-14H2,1H3. The number of aryl methyl sites for hydroxylation is 1. The highest BCUT2D eigenvalue weighted by Crippen LogP contribution is 2.57. The van der Waals surface area contributed by atoms with E-state index in [9.17, 15) is 0 Å². The Bertz CT molecular complexity index is 873. The molecule has 0 unspecified atom stereocenters. The fourth-order valence-electron chi connectivity index (χ4n) is 5.14. The Balaban J connectivity index is 1.73. The van der Waals surface area contributed by atoms with Crippen molar-refractivity contribution in [2.45, 2.75) is 50.9 Å². The summed E-state index contributed by atoms with van der Waals surface area (Å²) in [7, 11) is 0. The van der Waals surface area contributed by atoms with Gasteiger partial charge in [0, 0.05) is 5.41 Å². The predicted molar refractivity (Wildman–Crippen MR) is 102 cm³/mol. The normalized spacial score (nSPS) is 20.1. The van der Waals surface area contributed by atoms with E-state index in [2.05, 4.69) is 61.5 Å². The second-order valence-corrected chi connectivity index (χ2v) is 7.74. The molecule has 0 amide bonds. The van der Waals surface area contributed by atoms with Gasteiger partial charge < -0.3 is 0 Å². The molecule has 0 heteroatoms. The van der Waals surface area contributed by atoms with Gasteiger partial charge >= 0.3 is 0 Å². The van der Waals surface area contributed by atoms with Crippen molar-refractivity contribution in [2.75, 3.05) is 0 Å². The molecule has 1 fully saturated rings. The first-order chi connectivity index (χ1) is 11.8. The molecular weight excluding hydrogens is 288 g/mol. The van der Waals surface area contributed by atoms with Crippen LogP contribution in [0.3, 0.4) is 0 Å². The molecule has 0 N–H and O–H groups in total. The van der Waals surface area contributed by atoms with Crippen molar-refractivity contribution >= 4 is 5.57 Å². The molecule has 0 nitrogen and oxygen atoms in total. The lowest BCUT2D eigenvalue weighted by Crippen LogP contribution is -2.20. The highest BCUT2D eigenvalue weighted by Gasteiger charge is 2.44. The van der Waals surface area contributed by atoms with Crippen LogP contribution in [0.15, 0.2) is 54.6 Å². The van der Waals surface area contributed by atoms with Crippen LogP contribution in [-0.4, -0.2) is 0 Å². The molecular formula is C24H24. The molecule has 2 aromatic rings. The van der Waals surface area contributed by atoms with Gasteiger partial charge in [-0.2, -0.15) is 0 Å². The summed E-state index contributed by atoms with van der Waals surface area (Å²) in [6, 6.07) is 14.4. The number of fused-ring (bicyclic) bond motifs is 5. The molecule has 1 saturated carbocycles. The average Bonchev–Trinajstić information content (AvgIpc) is 3.21. The molecule has 0 aromatic heterocycles. The van der Waals surface area contributed by atoms with Gasteiger partial charge in [-0.15, -0.1) is 0 Å². The minimum Gasteiger partial charge on any atom is -0.0836 e. The monoisotopic (exact) mass is 312 g/mol. The number of allylic oxidation sites excluding steroid dienone is 4. The molecule has 2 aromatic carbocycles. The lowest BCUT2D eigenvalue weighted by molar-refractivity contribution is 0.549. The molecule has 24 heavy (non-hydrogen) atoms. The van der Waals surface area contributed by atoms with Gasteiger partial charge in [0.2, 0.25) is 0 Å². The minimum atomic E-state index is 0.298. The fourth-order valence-corrected chi connectivity index (χ4v) is 5.14. The Morgan fingerprint density at radius 2 is 1.71 bits per heavy atom. The summed E-state index contributed by atoms with van der Waals surface area (Å²) >= 11 is 0. The lowest BCUT2D eigenvalue weighted by Gasteiger charge is -2.27. The van der Waals surface area contributed by atoms with Crippen molar-refractivity contribution in [3.8, 4) is 11.1 Å². The minimum absolute atomic E-state index is 0.298. The quantitative estimate of drug-likeness (QED) is 0.558. The van der Waals surface area contributed by atoms with Gasteiger partial charge in [0.25, 0.3) is 0 Å². The van der Waals surface area contributed by atoms with E-state index >= 15 is 0 Å². The number of benzene rings is 2. The number of hydrogen-bond donors (Lipinski definition) is 0. The van der Waals surface area contributed by atoms with Crippen LogP contribution in [0.4, 0.5) is 0 Å². The van der Waals surface area contributed by atoms with Crippen molar-refractivity contribution in [3.05, 3.63) is 76.9 Å². The second-order valence-electron chi connectivity index (χ2n) is 7.74. The van der Waals surface area contributed by atoms with E-state index in [-0.39, 0.29) is 0 Å². The zero-order valence-corrected chi connectivity index (χ0v) is 14.4. The highest BCUT2D eigenvalue weighted by atomic mass is 14.5. The van der Waals surface area contributed by atoms with E-state index < -0.39 is 0 Å². The first-order valence-electron chi connectivity index (χ1n) is 9.41. The molecule has 0 radical (unpaired) electrons. The van der Waals surface area contributed by atoms with Gasteiger partial charge in [0.05, 0.1) is 0 Å². The van der Waals surface area contributed by atoms with Gasteiger partial charge in [-0.3, -0.25) is 0 Å². The highest BCUT2D eigenvalue weighted by molar-refractivity contribution is 5.86. The number of rotatable bonds is 1. The molecule has 3 aliphatic carbocycles. The Kier molecular flexibility index (Phi) is 3.10. The van der Waals surface area contributed by atoms with Crippen molar-refractivity contribution in [2.24, 2.45) is 0 Å². The summed E-state index contributed by atoms with van der Waals surface area (Å²) < 4.78 is 0. The molecule has 3 aliphatic rings. The fraction of sp³-hybridized carbons (Fsp3) is 0.333. The third-order valence-corrected chi connectivity index (χ3v) is 6.30. The Morgan fingerprint density at radius 1 is 0.833 bits per heavy atom. The smallest absolute Gasteiger partial charge is 0.0215 e. The summed E-state index contributed by atoms with van der Waals surface area (Å²) in [5, 5.41) is 0. The molecule has 1 spiro atoms. The van der Waals surface area contributed by atoms with Crippen LogP contribution < -0.4 is 0 Å². The zero-order valence-electron chi connectivity index (χ0n) is 14.4. The van der Waals surface area contributed by atoms with Crippen molar-refractivity contribution in [3.63, 3.8) is 0 Å². The van der Waals surface area contributed by atoms with Crippen molar-refractivity contribution < 1.29 is 0 Å². The maximum Gasteiger partial charge on any atom is 0.0215 e. The van der Waals surface area contributed by atoms with E-state index in [0.717, 1.165) is 0 Å². The van der Waals surface area contributed by atoms with Gasteiger partial charge in [0.15, 0.2) is 0 Å². The van der Waals surface area contributed by atoms with Crippen LogP contribution in [-0.2, 0) is 5.41 Å². The Labute approximate surface area is 144 Å². The first-order valence-corrected chi connectivity index (χ1v) is 9.41. The van der Waals surface area contributed by atoms with Gasteiger partial charge in [-0.25, -0.2) is 0 Å². The molecule has 0 atom stereocenters. The van der Waals surface area contributed by atoms with Gasteiger partial charge in [-0.05, 0) is 72.1 Å². The largest absolute Gasteiger partial charge is 0.0836 e. The van der Waals surface area contributed by atoms with Crippen LogP contribution in [0.5, 0.6) is 0 Å². The number of hydrogen-bond acceptors (Lipinski definition) is 0. The first kappa shape index (κ1) is 14.3. The van der Waals surface area contributed by atoms with E-state index in [0.29, 0.717) is 5.41 Å². The van der Waals surface area contributed by atoms with Crippen LogP contribution in [0, 0.1) is 6.92 Å². The van der Waals surface area contributed by atoms with E-state index in [4.69, 9.17) is 0 Å². The molecule has 0 aliphatic heterocycles. The maximum absolute atomic E-state index is 2.46. The molecule has 120 valence electrons. The van der Waals surface area contributed by atoms with Crippen LogP contribution in [0.25, 0.3) is 16.7 Å². The third kappa shape index (κ3) is 1.92. The van der Waals surface area contributed by atoms with Crippen molar-refractivity contribution in [1.82, 2.24) is 0 Å². The van der Waals surface area contributed by atoms with Gasteiger partial charge in [-0.1, -0.05) is 67.0 Å². The average molecular weight is 312 g/mol.